The minimum absolute atomic E-state index is 0.286. The predicted octanol–water partition coefficient (Wildman–Crippen LogP) is 4.91. The molecular formula is C19H20BrFN4O2. The van der Waals surface area contributed by atoms with Crippen molar-refractivity contribution in [1.29, 1.82) is 0 Å². The Labute approximate surface area is 164 Å². The number of aromatic nitrogens is 3. The van der Waals surface area contributed by atoms with Gasteiger partial charge in [-0.2, -0.15) is 0 Å². The fourth-order valence-electron chi connectivity index (χ4n) is 2.68. The summed E-state index contributed by atoms with van der Waals surface area (Å²) in [5, 5.41) is 2.78. The molecule has 0 fully saturated rings. The van der Waals surface area contributed by atoms with Gasteiger partial charge >= 0.3 is 6.09 Å². The third-order valence-corrected chi connectivity index (χ3v) is 4.49. The number of imidazole rings is 1. The van der Waals surface area contributed by atoms with E-state index in [1.165, 1.54) is 6.07 Å². The molecule has 3 aromatic rings. The van der Waals surface area contributed by atoms with Crippen LogP contribution in [0.3, 0.4) is 0 Å². The molecule has 8 heteroatoms. The van der Waals surface area contributed by atoms with Crippen LogP contribution in [0.2, 0.25) is 0 Å². The van der Waals surface area contributed by atoms with Crippen molar-refractivity contribution in [3.8, 4) is 5.82 Å². The predicted molar refractivity (Wildman–Crippen MR) is 104 cm³/mol. The summed E-state index contributed by atoms with van der Waals surface area (Å²) in [5.41, 5.74) is 0.514. The fourth-order valence-corrected chi connectivity index (χ4v) is 3.19. The highest BCUT2D eigenvalue weighted by molar-refractivity contribution is 9.10. The first-order chi connectivity index (χ1) is 12.7. The molecule has 0 bridgehead atoms. The Morgan fingerprint density at radius 2 is 2.04 bits per heavy atom. The van der Waals surface area contributed by atoms with Crippen LogP contribution < -0.4 is 5.32 Å². The van der Waals surface area contributed by atoms with Gasteiger partial charge in [-0.05, 0) is 67.9 Å². The summed E-state index contributed by atoms with van der Waals surface area (Å²) in [6, 6.07) is 7.86. The number of alkyl carbamates (subject to hydrolysis) is 1. The maximum atomic E-state index is 14.2. The summed E-state index contributed by atoms with van der Waals surface area (Å²) in [6.07, 6.45) is 1.09. The van der Waals surface area contributed by atoms with Crippen molar-refractivity contribution >= 4 is 33.1 Å². The van der Waals surface area contributed by atoms with Gasteiger partial charge in [-0.25, -0.2) is 19.2 Å². The first-order valence-electron chi connectivity index (χ1n) is 8.44. The number of benzene rings is 1. The minimum atomic E-state index is -0.614. The quantitative estimate of drug-likeness (QED) is 0.635. The van der Waals surface area contributed by atoms with Crippen molar-refractivity contribution in [2.24, 2.45) is 0 Å². The molecule has 2 aromatic heterocycles. The number of ether oxygens (including phenoxy) is 1. The zero-order valence-electron chi connectivity index (χ0n) is 15.5. The second kappa shape index (κ2) is 7.26. The van der Waals surface area contributed by atoms with Gasteiger partial charge in [0.2, 0.25) is 0 Å². The summed E-state index contributed by atoms with van der Waals surface area (Å²) in [6.45, 7) is 7.16. The van der Waals surface area contributed by atoms with Crippen molar-refractivity contribution in [2.45, 2.75) is 39.3 Å². The summed E-state index contributed by atoms with van der Waals surface area (Å²) >= 11 is 3.31. The molecule has 1 aromatic carbocycles. The molecule has 0 spiro atoms. The number of nitrogens with one attached hydrogen (secondary N) is 1. The molecule has 2 heterocycles. The number of amides is 1. The van der Waals surface area contributed by atoms with E-state index in [1.807, 2.05) is 6.07 Å². The van der Waals surface area contributed by atoms with Crippen LogP contribution in [0.4, 0.5) is 9.18 Å². The summed E-state index contributed by atoms with van der Waals surface area (Å²) in [4.78, 5) is 21.1. The van der Waals surface area contributed by atoms with Crippen LogP contribution in [0.15, 0.2) is 41.0 Å². The number of fused-ring (bicyclic) bond motifs is 1. The lowest BCUT2D eigenvalue weighted by molar-refractivity contribution is 0.0505. The maximum absolute atomic E-state index is 14.2. The summed E-state index contributed by atoms with van der Waals surface area (Å²) in [7, 11) is 0. The number of nitrogens with zero attached hydrogens (tertiary/aromatic N) is 3. The topological polar surface area (TPSA) is 69.0 Å². The lowest BCUT2D eigenvalue weighted by atomic mass is 10.2. The van der Waals surface area contributed by atoms with E-state index in [0.717, 1.165) is 0 Å². The Balaban J connectivity index is 2.10. The normalized spacial score (nSPS) is 12.8. The van der Waals surface area contributed by atoms with Gasteiger partial charge in [0.25, 0.3) is 0 Å². The summed E-state index contributed by atoms with van der Waals surface area (Å²) in [5.74, 6) is 0.680. The van der Waals surface area contributed by atoms with Crippen molar-refractivity contribution in [3.63, 3.8) is 0 Å². The van der Waals surface area contributed by atoms with Gasteiger partial charge in [-0.1, -0.05) is 6.07 Å². The standard InChI is InChI=1S/C19H20BrFN4O2/c1-11(23-18(26)27-19(2,3)4)17-24-13-9-8-12(21)15(20)16(13)25(17)14-7-5-6-10-22-14/h5-11H,1-4H3,(H,23,26)/t11-/m0/s1. The van der Waals surface area contributed by atoms with Crippen LogP contribution in [-0.4, -0.2) is 26.2 Å². The maximum Gasteiger partial charge on any atom is 0.408 e. The molecule has 0 saturated carbocycles. The second-order valence-electron chi connectivity index (χ2n) is 7.09. The Hall–Kier alpha value is -2.48. The Morgan fingerprint density at radius 3 is 2.67 bits per heavy atom. The van der Waals surface area contributed by atoms with Crippen LogP contribution >= 0.6 is 15.9 Å². The molecule has 1 amide bonds. The van der Waals surface area contributed by atoms with E-state index in [-0.39, 0.29) is 4.47 Å². The van der Waals surface area contributed by atoms with Gasteiger partial charge in [0.1, 0.15) is 23.1 Å². The molecular weight excluding hydrogens is 415 g/mol. The molecule has 142 valence electrons. The van der Waals surface area contributed by atoms with Gasteiger partial charge in [-0.15, -0.1) is 0 Å². The third-order valence-electron chi connectivity index (χ3n) is 3.73. The van der Waals surface area contributed by atoms with Crippen LogP contribution in [0.5, 0.6) is 0 Å². The zero-order valence-corrected chi connectivity index (χ0v) is 17.0. The monoisotopic (exact) mass is 434 g/mol. The van der Waals surface area contributed by atoms with E-state index in [4.69, 9.17) is 4.74 Å². The van der Waals surface area contributed by atoms with Gasteiger partial charge in [0, 0.05) is 6.20 Å². The molecule has 0 unspecified atom stereocenters. The van der Waals surface area contributed by atoms with E-state index in [0.29, 0.717) is 22.7 Å². The number of rotatable bonds is 3. The van der Waals surface area contributed by atoms with Gasteiger partial charge < -0.3 is 10.1 Å². The smallest absolute Gasteiger partial charge is 0.408 e. The molecule has 0 radical (unpaired) electrons. The van der Waals surface area contributed by atoms with Crippen molar-refractivity contribution in [2.75, 3.05) is 0 Å². The molecule has 0 aliphatic heterocycles. The Kier molecular flexibility index (Phi) is 5.19. The van der Waals surface area contributed by atoms with Gasteiger partial charge in [0.15, 0.2) is 0 Å². The molecule has 6 nitrogen and oxygen atoms in total. The summed E-state index contributed by atoms with van der Waals surface area (Å²) < 4.78 is 21.5. The number of carbonyl (C=O) groups is 1. The highest BCUT2D eigenvalue weighted by Crippen LogP contribution is 2.31. The first-order valence-corrected chi connectivity index (χ1v) is 9.24. The van der Waals surface area contributed by atoms with E-state index < -0.39 is 23.6 Å². The van der Waals surface area contributed by atoms with Crippen molar-refractivity contribution in [3.05, 3.63) is 52.6 Å². The van der Waals surface area contributed by atoms with Crippen LogP contribution in [-0.2, 0) is 4.74 Å². The van der Waals surface area contributed by atoms with Crippen LogP contribution in [0.25, 0.3) is 16.9 Å². The molecule has 0 aliphatic carbocycles. The lowest BCUT2D eigenvalue weighted by Crippen LogP contribution is -2.34. The molecule has 0 aliphatic rings. The van der Waals surface area contributed by atoms with Crippen LogP contribution in [0.1, 0.15) is 39.6 Å². The van der Waals surface area contributed by atoms with E-state index in [2.05, 4.69) is 31.2 Å². The first kappa shape index (κ1) is 19.3. The van der Waals surface area contributed by atoms with E-state index in [9.17, 15) is 9.18 Å². The second-order valence-corrected chi connectivity index (χ2v) is 7.88. The minimum Gasteiger partial charge on any atom is -0.444 e. The number of halogens is 2. The number of hydrogen-bond donors (Lipinski definition) is 1. The number of pyridine rings is 1. The largest absolute Gasteiger partial charge is 0.444 e. The van der Waals surface area contributed by atoms with Crippen LogP contribution in [0, 0.1) is 5.82 Å². The number of hydrogen-bond acceptors (Lipinski definition) is 4. The fraction of sp³-hybridized carbons (Fsp3) is 0.316. The third kappa shape index (κ3) is 4.10. The molecule has 3 rings (SSSR count). The van der Waals surface area contributed by atoms with Crippen molar-refractivity contribution < 1.29 is 13.9 Å². The van der Waals surface area contributed by atoms with Gasteiger partial charge in [0.05, 0.1) is 21.5 Å². The van der Waals surface area contributed by atoms with E-state index >= 15 is 0 Å². The SMILES string of the molecule is C[C@H](NC(=O)OC(C)(C)C)c1nc2ccc(F)c(Br)c2n1-c1ccccn1. The molecule has 27 heavy (non-hydrogen) atoms. The average Bonchev–Trinajstić information content (AvgIpc) is 2.97. The molecule has 1 atom stereocenters. The van der Waals surface area contributed by atoms with Crippen molar-refractivity contribution in [1.82, 2.24) is 19.9 Å². The Bertz CT molecular complexity index is 983. The number of carbonyl (C=O) groups excluding carboxylic acids is 1. The highest BCUT2D eigenvalue weighted by atomic mass is 79.9. The van der Waals surface area contributed by atoms with E-state index in [1.54, 1.807) is 56.7 Å². The Morgan fingerprint density at radius 1 is 1.30 bits per heavy atom. The molecule has 0 saturated heterocycles. The lowest BCUT2D eigenvalue weighted by Gasteiger charge is -2.22. The zero-order chi connectivity index (χ0) is 19.8. The molecule has 1 N–H and O–H groups in total. The highest BCUT2D eigenvalue weighted by Gasteiger charge is 2.24. The van der Waals surface area contributed by atoms with Gasteiger partial charge in [-0.3, -0.25) is 4.57 Å². The average molecular weight is 435 g/mol.